The number of thiophene rings is 1. The van der Waals surface area contributed by atoms with Gasteiger partial charge in [0, 0.05) is 15.3 Å². The average Bonchev–Trinajstić information content (AvgIpc) is 3.13. The molecule has 0 spiro atoms. The zero-order valence-corrected chi connectivity index (χ0v) is 14.8. The van der Waals surface area contributed by atoms with Gasteiger partial charge in [-0.1, -0.05) is 18.2 Å². The molecule has 23 heavy (non-hydrogen) atoms. The molecular formula is C16H14FN3S3. The van der Waals surface area contributed by atoms with Crippen molar-refractivity contribution in [2.24, 2.45) is 0 Å². The summed E-state index contributed by atoms with van der Waals surface area (Å²) in [5.74, 6) is 0.435. The highest BCUT2D eigenvalue weighted by molar-refractivity contribution is 7.98. The number of aromatic nitrogens is 2. The highest BCUT2D eigenvalue weighted by Gasteiger charge is 2.08. The van der Waals surface area contributed by atoms with Gasteiger partial charge in [-0.2, -0.15) is 3.89 Å². The first-order valence-corrected chi connectivity index (χ1v) is 9.69. The Bertz CT molecular complexity index is 761. The van der Waals surface area contributed by atoms with Crippen molar-refractivity contribution >= 4 is 41.2 Å². The van der Waals surface area contributed by atoms with Gasteiger partial charge in [0.2, 0.25) is 5.95 Å². The second-order valence-electron chi connectivity index (χ2n) is 4.65. The van der Waals surface area contributed by atoms with Gasteiger partial charge in [-0.05, 0) is 35.9 Å². The molecule has 0 aliphatic rings. The van der Waals surface area contributed by atoms with E-state index in [4.69, 9.17) is 0 Å². The summed E-state index contributed by atoms with van der Waals surface area (Å²) in [6.07, 6.45) is 2.03. The normalized spacial score (nSPS) is 10.7. The highest BCUT2D eigenvalue weighted by atomic mass is 32.2. The van der Waals surface area contributed by atoms with Crippen molar-refractivity contribution in [2.45, 2.75) is 16.5 Å². The van der Waals surface area contributed by atoms with Gasteiger partial charge in [-0.3, -0.25) is 0 Å². The SMILES string of the molecule is CSc1ccc(-c2cc(SF)nc(NCc3cccs3)n2)cc1. The number of benzene rings is 1. The van der Waals surface area contributed by atoms with E-state index in [1.807, 2.05) is 48.0 Å². The monoisotopic (exact) mass is 363 g/mol. The summed E-state index contributed by atoms with van der Waals surface area (Å²) in [5, 5.41) is 5.48. The third-order valence-electron chi connectivity index (χ3n) is 3.17. The van der Waals surface area contributed by atoms with Crippen LogP contribution in [0.15, 0.2) is 57.8 Å². The molecule has 0 bridgehead atoms. The van der Waals surface area contributed by atoms with Crippen LogP contribution in [0.4, 0.5) is 9.83 Å². The van der Waals surface area contributed by atoms with E-state index in [-0.39, 0.29) is 12.1 Å². The van der Waals surface area contributed by atoms with E-state index in [2.05, 4.69) is 15.3 Å². The molecule has 0 amide bonds. The van der Waals surface area contributed by atoms with Crippen LogP contribution in [-0.4, -0.2) is 16.2 Å². The molecule has 0 saturated heterocycles. The summed E-state index contributed by atoms with van der Waals surface area (Å²) < 4.78 is 13.0. The second kappa shape index (κ2) is 7.81. The molecule has 0 fully saturated rings. The summed E-state index contributed by atoms with van der Waals surface area (Å²) >= 11 is 3.47. The lowest BCUT2D eigenvalue weighted by molar-refractivity contribution is 0.911. The summed E-state index contributed by atoms with van der Waals surface area (Å²) in [6, 6.07) is 13.7. The second-order valence-corrected chi connectivity index (χ2v) is 7.14. The first-order chi connectivity index (χ1) is 11.3. The van der Waals surface area contributed by atoms with Crippen LogP contribution in [0.1, 0.15) is 4.88 Å². The molecule has 0 saturated carbocycles. The largest absolute Gasteiger partial charge is 0.349 e. The molecule has 118 valence electrons. The molecule has 0 aliphatic carbocycles. The van der Waals surface area contributed by atoms with Crippen LogP contribution in [0.5, 0.6) is 0 Å². The molecule has 1 aromatic carbocycles. The van der Waals surface area contributed by atoms with Crippen LogP contribution in [0.25, 0.3) is 11.3 Å². The van der Waals surface area contributed by atoms with Crippen molar-refractivity contribution in [2.75, 3.05) is 11.6 Å². The Morgan fingerprint density at radius 3 is 2.65 bits per heavy atom. The Balaban J connectivity index is 1.85. The van der Waals surface area contributed by atoms with Gasteiger partial charge >= 0.3 is 0 Å². The maximum Gasteiger partial charge on any atom is 0.224 e. The van der Waals surface area contributed by atoms with Crippen LogP contribution in [0, 0.1) is 0 Å². The Morgan fingerprint density at radius 2 is 2.00 bits per heavy atom. The van der Waals surface area contributed by atoms with Gasteiger partial charge in [0.05, 0.1) is 12.2 Å². The molecule has 2 heterocycles. The lowest BCUT2D eigenvalue weighted by Gasteiger charge is -2.08. The van der Waals surface area contributed by atoms with Crippen LogP contribution in [0.2, 0.25) is 0 Å². The van der Waals surface area contributed by atoms with Crippen LogP contribution in [0.3, 0.4) is 0 Å². The molecule has 3 rings (SSSR count). The Labute approximate surface area is 147 Å². The van der Waals surface area contributed by atoms with Crippen molar-refractivity contribution in [1.82, 2.24) is 9.97 Å². The highest BCUT2D eigenvalue weighted by Crippen LogP contribution is 2.27. The number of hydrogen-bond acceptors (Lipinski definition) is 6. The fourth-order valence-electron chi connectivity index (χ4n) is 2.03. The van der Waals surface area contributed by atoms with Crippen molar-refractivity contribution < 1.29 is 3.89 Å². The van der Waals surface area contributed by atoms with Crippen LogP contribution < -0.4 is 5.32 Å². The predicted molar refractivity (Wildman–Crippen MR) is 97.9 cm³/mol. The number of nitrogens with one attached hydrogen (secondary N) is 1. The van der Waals surface area contributed by atoms with Crippen molar-refractivity contribution in [1.29, 1.82) is 0 Å². The van der Waals surface area contributed by atoms with E-state index in [1.54, 1.807) is 29.2 Å². The number of halogens is 1. The molecule has 2 aromatic heterocycles. The van der Waals surface area contributed by atoms with E-state index in [1.165, 1.54) is 9.77 Å². The Hall–Kier alpha value is -1.57. The van der Waals surface area contributed by atoms with Gasteiger partial charge < -0.3 is 5.32 Å². The summed E-state index contributed by atoms with van der Waals surface area (Å²) in [5.41, 5.74) is 1.65. The number of nitrogens with zero attached hydrogens (tertiary/aromatic N) is 2. The smallest absolute Gasteiger partial charge is 0.224 e. The quantitative estimate of drug-likeness (QED) is 0.461. The first kappa shape index (κ1) is 16.3. The van der Waals surface area contributed by atoms with Crippen molar-refractivity contribution in [3.63, 3.8) is 0 Å². The minimum Gasteiger partial charge on any atom is -0.349 e. The van der Waals surface area contributed by atoms with E-state index in [0.717, 1.165) is 5.56 Å². The third-order valence-corrected chi connectivity index (χ3v) is 5.16. The topological polar surface area (TPSA) is 37.8 Å². The van der Waals surface area contributed by atoms with Gasteiger partial charge in [0.1, 0.15) is 17.2 Å². The van der Waals surface area contributed by atoms with Crippen molar-refractivity contribution in [3.05, 3.63) is 52.7 Å². The number of hydrogen-bond donors (Lipinski definition) is 1. The molecule has 3 nitrogen and oxygen atoms in total. The first-order valence-electron chi connectivity index (χ1n) is 6.87. The standard InChI is InChI=1S/C16H14FN3S3/c1-21-12-6-4-11(5-7-12)14-9-15(23-17)20-16(19-14)18-10-13-3-2-8-22-13/h2-9H,10H2,1H3,(H,18,19,20). The van der Waals surface area contributed by atoms with Crippen LogP contribution in [-0.2, 0) is 6.54 Å². The van der Waals surface area contributed by atoms with Crippen LogP contribution >= 0.6 is 35.2 Å². The molecule has 7 heteroatoms. The lowest BCUT2D eigenvalue weighted by atomic mass is 10.1. The van der Waals surface area contributed by atoms with Crippen molar-refractivity contribution in [3.8, 4) is 11.3 Å². The minimum absolute atomic E-state index is 0.130. The van der Waals surface area contributed by atoms with E-state index in [9.17, 15) is 3.89 Å². The van der Waals surface area contributed by atoms with Gasteiger partial charge in [-0.25, -0.2) is 9.97 Å². The van der Waals surface area contributed by atoms with E-state index in [0.29, 0.717) is 23.2 Å². The zero-order chi connectivity index (χ0) is 16.1. The lowest BCUT2D eigenvalue weighted by Crippen LogP contribution is -2.03. The summed E-state index contributed by atoms with van der Waals surface area (Å²) in [4.78, 5) is 11.0. The molecule has 0 atom stereocenters. The molecule has 1 N–H and O–H groups in total. The molecule has 0 radical (unpaired) electrons. The fraction of sp³-hybridized carbons (Fsp3) is 0.125. The van der Waals surface area contributed by atoms with Gasteiger partial charge in [0.25, 0.3) is 0 Å². The maximum absolute atomic E-state index is 13.0. The van der Waals surface area contributed by atoms with Gasteiger partial charge in [0.15, 0.2) is 0 Å². The summed E-state index contributed by atoms with van der Waals surface area (Å²) in [6.45, 7) is 0.628. The van der Waals surface area contributed by atoms with Gasteiger partial charge in [-0.15, -0.1) is 23.1 Å². The average molecular weight is 364 g/mol. The van der Waals surface area contributed by atoms with E-state index < -0.39 is 0 Å². The number of rotatable bonds is 6. The number of anilines is 1. The molecule has 3 aromatic rings. The van der Waals surface area contributed by atoms with E-state index >= 15 is 0 Å². The fourth-order valence-corrected chi connectivity index (χ4v) is 3.36. The Morgan fingerprint density at radius 1 is 1.17 bits per heavy atom. The summed E-state index contributed by atoms with van der Waals surface area (Å²) in [7, 11) is 0. The molecule has 0 unspecified atom stereocenters. The molecule has 0 aliphatic heterocycles. The molecular weight excluding hydrogens is 349 g/mol. The third kappa shape index (κ3) is 4.25. The Kier molecular flexibility index (Phi) is 5.53. The minimum atomic E-state index is 0.130. The number of thioether (sulfide) groups is 1. The maximum atomic E-state index is 13.0. The predicted octanol–water partition coefficient (Wildman–Crippen LogP) is 5.52. The zero-order valence-electron chi connectivity index (χ0n) is 12.3.